The van der Waals surface area contributed by atoms with E-state index in [4.69, 9.17) is 15.2 Å². The van der Waals surface area contributed by atoms with E-state index >= 15 is 0 Å². The first-order valence-corrected chi connectivity index (χ1v) is 8.78. The highest BCUT2D eigenvalue weighted by atomic mass is 35.5. The standard InChI is InChI=1S/C19H30N2O3.ClH/c1-4-14(2)17(20)18(22)21-13-19(9-11-24-12-10-19)15-5-7-16(23-3)8-6-15;/h5-8,14,17H,4,9-13,20H2,1-3H3,(H,21,22);1H. The van der Waals surface area contributed by atoms with Gasteiger partial charge in [-0.1, -0.05) is 32.4 Å². The number of halogens is 1. The number of methoxy groups -OCH3 is 1. The molecule has 1 aromatic rings. The largest absolute Gasteiger partial charge is 0.497 e. The molecule has 0 spiro atoms. The maximum Gasteiger partial charge on any atom is 0.237 e. The van der Waals surface area contributed by atoms with Crippen LogP contribution in [0.3, 0.4) is 0 Å². The van der Waals surface area contributed by atoms with Gasteiger partial charge in [0.25, 0.3) is 0 Å². The molecule has 0 aliphatic carbocycles. The number of carbonyl (C=O) groups excluding carboxylic acids is 1. The summed E-state index contributed by atoms with van der Waals surface area (Å²) in [4.78, 5) is 12.4. The Morgan fingerprint density at radius 2 is 1.92 bits per heavy atom. The van der Waals surface area contributed by atoms with Crippen LogP contribution in [0, 0.1) is 5.92 Å². The van der Waals surface area contributed by atoms with Crippen molar-refractivity contribution in [1.82, 2.24) is 5.32 Å². The van der Waals surface area contributed by atoms with Crippen molar-refractivity contribution in [3.05, 3.63) is 29.8 Å². The first-order valence-electron chi connectivity index (χ1n) is 8.78. The first kappa shape index (κ1) is 21.7. The minimum absolute atomic E-state index is 0. The number of hydrogen-bond donors (Lipinski definition) is 2. The van der Waals surface area contributed by atoms with Crippen molar-refractivity contribution in [2.24, 2.45) is 11.7 Å². The van der Waals surface area contributed by atoms with Crippen LogP contribution >= 0.6 is 12.4 Å². The zero-order valence-corrected chi connectivity index (χ0v) is 16.2. The van der Waals surface area contributed by atoms with Crippen LogP contribution in [0.25, 0.3) is 0 Å². The molecule has 0 radical (unpaired) electrons. The summed E-state index contributed by atoms with van der Waals surface area (Å²) in [6.07, 6.45) is 2.67. The average Bonchev–Trinajstić information content (AvgIpc) is 2.65. The molecule has 1 aliphatic rings. The fourth-order valence-electron chi connectivity index (χ4n) is 3.16. The van der Waals surface area contributed by atoms with E-state index in [0.29, 0.717) is 19.8 Å². The molecule has 5 nitrogen and oxygen atoms in total. The number of carbonyl (C=O) groups is 1. The molecule has 3 N–H and O–H groups in total. The van der Waals surface area contributed by atoms with Gasteiger partial charge in [0.1, 0.15) is 5.75 Å². The Hall–Kier alpha value is -1.30. The molecule has 2 rings (SSSR count). The van der Waals surface area contributed by atoms with Gasteiger partial charge in [-0.3, -0.25) is 4.79 Å². The van der Waals surface area contributed by atoms with E-state index < -0.39 is 6.04 Å². The van der Waals surface area contributed by atoms with E-state index in [1.165, 1.54) is 5.56 Å². The van der Waals surface area contributed by atoms with Crippen LogP contribution in [-0.2, 0) is 14.9 Å². The Labute approximate surface area is 157 Å². The normalized spacial score (nSPS) is 18.6. The Kier molecular flexibility index (Phi) is 8.69. The van der Waals surface area contributed by atoms with Gasteiger partial charge in [-0.15, -0.1) is 12.4 Å². The highest BCUT2D eigenvalue weighted by Gasteiger charge is 2.35. The summed E-state index contributed by atoms with van der Waals surface area (Å²) in [7, 11) is 1.66. The molecular weight excluding hydrogens is 340 g/mol. The molecule has 2 atom stereocenters. The number of nitrogens with one attached hydrogen (secondary N) is 1. The molecule has 0 bridgehead atoms. The average molecular weight is 371 g/mol. The minimum atomic E-state index is -0.456. The highest BCUT2D eigenvalue weighted by molar-refractivity contribution is 5.85. The molecule has 1 heterocycles. The van der Waals surface area contributed by atoms with E-state index in [-0.39, 0.29) is 29.6 Å². The van der Waals surface area contributed by atoms with Crippen LogP contribution in [0.4, 0.5) is 0 Å². The molecule has 1 fully saturated rings. The fourth-order valence-corrected chi connectivity index (χ4v) is 3.16. The summed E-state index contributed by atoms with van der Waals surface area (Å²) in [5, 5.41) is 3.08. The van der Waals surface area contributed by atoms with E-state index in [0.717, 1.165) is 25.0 Å². The molecule has 0 saturated carbocycles. The lowest BCUT2D eigenvalue weighted by Crippen LogP contribution is -2.50. The summed E-state index contributed by atoms with van der Waals surface area (Å²) in [5.74, 6) is 0.948. The second-order valence-corrected chi connectivity index (χ2v) is 6.75. The van der Waals surface area contributed by atoms with Crippen LogP contribution in [-0.4, -0.2) is 38.8 Å². The van der Waals surface area contributed by atoms with E-state index in [1.807, 2.05) is 19.1 Å². The summed E-state index contributed by atoms with van der Waals surface area (Å²) in [6.45, 7) is 6.07. The number of hydrogen-bond acceptors (Lipinski definition) is 4. The van der Waals surface area contributed by atoms with Crippen LogP contribution in [0.1, 0.15) is 38.7 Å². The van der Waals surface area contributed by atoms with Gasteiger partial charge in [-0.2, -0.15) is 0 Å². The quantitative estimate of drug-likeness (QED) is 0.773. The predicted octanol–water partition coefficient (Wildman–Crippen LogP) is 2.65. The minimum Gasteiger partial charge on any atom is -0.497 e. The number of ether oxygens (including phenoxy) is 2. The van der Waals surface area contributed by atoms with Gasteiger partial charge in [-0.25, -0.2) is 0 Å². The van der Waals surface area contributed by atoms with Crippen LogP contribution in [0.2, 0.25) is 0 Å². The maximum absolute atomic E-state index is 12.4. The Morgan fingerprint density at radius 3 is 2.44 bits per heavy atom. The van der Waals surface area contributed by atoms with Crippen molar-refractivity contribution < 1.29 is 14.3 Å². The second-order valence-electron chi connectivity index (χ2n) is 6.75. The lowest BCUT2D eigenvalue weighted by Gasteiger charge is -2.38. The van der Waals surface area contributed by atoms with Gasteiger partial charge in [0, 0.05) is 25.2 Å². The number of rotatable bonds is 7. The number of benzene rings is 1. The lowest BCUT2D eigenvalue weighted by atomic mass is 9.74. The van der Waals surface area contributed by atoms with Crippen molar-refractivity contribution in [2.75, 3.05) is 26.9 Å². The van der Waals surface area contributed by atoms with E-state index in [2.05, 4.69) is 24.4 Å². The molecule has 0 aromatic heterocycles. The van der Waals surface area contributed by atoms with Crippen LogP contribution in [0.5, 0.6) is 5.75 Å². The van der Waals surface area contributed by atoms with Gasteiger partial charge >= 0.3 is 0 Å². The predicted molar refractivity (Wildman–Crippen MR) is 102 cm³/mol. The third-order valence-corrected chi connectivity index (χ3v) is 5.31. The third kappa shape index (κ3) is 5.33. The van der Waals surface area contributed by atoms with Crippen molar-refractivity contribution in [3.8, 4) is 5.75 Å². The fraction of sp³-hybridized carbons (Fsp3) is 0.632. The Balaban J connectivity index is 0.00000312. The Morgan fingerprint density at radius 1 is 1.32 bits per heavy atom. The third-order valence-electron chi connectivity index (χ3n) is 5.31. The van der Waals surface area contributed by atoms with E-state index in [9.17, 15) is 4.79 Å². The summed E-state index contributed by atoms with van der Waals surface area (Å²) >= 11 is 0. The van der Waals surface area contributed by atoms with Crippen molar-refractivity contribution in [1.29, 1.82) is 0 Å². The molecule has 1 aromatic carbocycles. The smallest absolute Gasteiger partial charge is 0.237 e. The van der Waals surface area contributed by atoms with Gasteiger partial charge in [-0.05, 0) is 36.5 Å². The lowest BCUT2D eigenvalue weighted by molar-refractivity contribution is -0.123. The molecule has 1 amide bonds. The topological polar surface area (TPSA) is 73.6 Å². The number of amides is 1. The second kappa shape index (κ2) is 10.00. The van der Waals surface area contributed by atoms with Crippen molar-refractivity contribution >= 4 is 18.3 Å². The van der Waals surface area contributed by atoms with Crippen LogP contribution < -0.4 is 15.8 Å². The molecule has 1 aliphatic heterocycles. The summed E-state index contributed by atoms with van der Waals surface area (Å²) < 4.78 is 10.8. The summed E-state index contributed by atoms with van der Waals surface area (Å²) in [5.41, 5.74) is 7.16. The summed E-state index contributed by atoms with van der Waals surface area (Å²) in [6, 6.07) is 7.66. The van der Waals surface area contributed by atoms with Crippen molar-refractivity contribution in [2.45, 2.75) is 44.6 Å². The molecule has 142 valence electrons. The van der Waals surface area contributed by atoms with Gasteiger partial charge < -0.3 is 20.5 Å². The number of nitrogens with two attached hydrogens (primary N) is 1. The monoisotopic (exact) mass is 370 g/mol. The van der Waals surface area contributed by atoms with Crippen molar-refractivity contribution in [3.63, 3.8) is 0 Å². The molecule has 6 heteroatoms. The maximum atomic E-state index is 12.4. The molecule has 25 heavy (non-hydrogen) atoms. The molecule has 2 unspecified atom stereocenters. The molecular formula is C19H31ClN2O3. The van der Waals surface area contributed by atoms with Gasteiger partial charge in [0.15, 0.2) is 0 Å². The Bertz CT molecular complexity index is 530. The zero-order chi connectivity index (χ0) is 17.6. The van der Waals surface area contributed by atoms with E-state index in [1.54, 1.807) is 7.11 Å². The van der Waals surface area contributed by atoms with Crippen LogP contribution in [0.15, 0.2) is 24.3 Å². The SMILES string of the molecule is CCC(C)C(N)C(=O)NCC1(c2ccc(OC)cc2)CCOCC1.Cl. The van der Waals surface area contributed by atoms with Gasteiger partial charge in [0.05, 0.1) is 13.2 Å². The van der Waals surface area contributed by atoms with Gasteiger partial charge in [0.2, 0.25) is 5.91 Å². The highest BCUT2D eigenvalue weighted by Crippen LogP contribution is 2.35. The molecule has 1 saturated heterocycles. The zero-order valence-electron chi connectivity index (χ0n) is 15.4. The first-order chi connectivity index (χ1) is 11.5.